The lowest BCUT2D eigenvalue weighted by Gasteiger charge is -2.33. The third-order valence-electron chi connectivity index (χ3n) is 7.27. The summed E-state index contributed by atoms with van der Waals surface area (Å²) in [5, 5.41) is 0.775. The topological polar surface area (TPSA) is 32.9 Å². The van der Waals surface area contributed by atoms with Crippen molar-refractivity contribution in [1.82, 2.24) is 4.98 Å². The molecule has 0 radical (unpaired) electrons. The van der Waals surface area contributed by atoms with Gasteiger partial charge >= 0.3 is 0 Å². The second-order valence-electron chi connectivity index (χ2n) is 9.80. The Labute approximate surface area is 212 Å². The normalized spacial score (nSPS) is 16.0. The van der Waals surface area contributed by atoms with Gasteiger partial charge in [-0.2, -0.15) is 0 Å². The number of Topliss-reactive ketones (excluding diaryl/α,β-unsaturated/α-hetero) is 1. The van der Waals surface area contributed by atoms with Gasteiger partial charge in [0.25, 0.3) is 0 Å². The molecule has 0 amide bonds. The maximum atomic E-state index is 12.9. The number of H-pyrrole nitrogens is 1. The van der Waals surface area contributed by atoms with Gasteiger partial charge in [0.1, 0.15) is 0 Å². The van der Waals surface area contributed by atoms with Crippen LogP contribution in [-0.4, -0.2) is 10.8 Å². The van der Waals surface area contributed by atoms with Crippen LogP contribution in [0.2, 0.25) is 5.02 Å². The Kier molecular flexibility index (Phi) is 6.49. The smallest absolute Gasteiger partial charge is 0.167 e. The van der Waals surface area contributed by atoms with Crippen LogP contribution in [0.15, 0.2) is 79.1 Å². The van der Waals surface area contributed by atoms with Crippen molar-refractivity contribution in [2.24, 2.45) is 11.8 Å². The van der Waals surface area contributed by atoms with Gasteiger partial charge in [-0.25, -0.2) is 0 Å². The van der Waals surface area contributed by atoms with Crippen molar-refractivity contribution in [3.05, 3.63) is 118 Å². The van der Waals surface area contributed by atoms with Gasteiger partial charge in [-0.3, -0.25) is 4.79 Å². The minimum absolute atomic E-state index is 0.230. The van der Waals surface area contributed by atoms with E-state index in [1.54, 1.807) is 0 Å². The van der Waals surface area contributed by atoms with Gasteiger partial charge in [0, 0.05) is 29.4 Å². The summed E-state index contributed by atoms with van der Waals surface area (Å²) >= 11 is 6.36. The molecule has 1 aromatic heterocycles. The molecule has 0 fully saturated rings. The first-order valence-corrected chi connectivity index (χ1v) is 12.6. The fourth-order valence-corrected chi connectivity index (χ4v) is 5.59. The zero-order valence-corrected chi connectivity index (χ0v) is 21.2. The first kappa shape index (κ1) is 23.4. The lowest BCUT2D eigenvalue weighted by molar-refractivity contribution is 0.0991. The minimum Gasteiger partial charge on any atom is -0.368 e. The van der Waals surface area contributed by atoms with E-state index in [1.165, 1.54) is 39.0 Å². The average molecular weight is 480 g/mol. The molecule has 6 rings (SSSR count). The van der Waals surface area contributed by atoms with E-state index >= 15 is 0 Å². The molecule has 0 saturated heterocycles. The van der Waals surface area contributed by atoms with Crippen LogP contribution < -0.4 is 0 Å². The SMILES string of the molecule is Cc1ccc(Cl)cc1C1=Cc2ccc3c(c2CC1C(C)C)CC(=O)c1ccccc1-3.c1cc[nH]c1. The predicted molar refractivity (Wildman–Crippen MR) is 147 cm³/mol. The Balaban J connectivity index is 0.000000453. The fourth-order valence-electron chi connectivity index (χ4n) is 5.42. The Hall–Kier alpha value is -3.36. The summed E-state index contributed by atoms with van der Waals surface area (Å²) in [5.74, 6) is 1.12. The molecule has 2 nitrogen and oxygen atoms in total. The molecule has 0 bridgehead atoms. The second-order valence-corrected chi connectivity index (χ2v) is 10.2. The van der Waals surface area contributed by atoms with Gasteiger partial charge in [-0.05, 0) is 94.0 Å². The van der Waals surface area contributed by atoms with E-state index in [0.717, 1.165) is 22.6 Å². The number of rotatable bonds is 2. The van der Waals surface area contributed by atoms with E-state index in [1.807, 2.05) is 48.8 Å². The number of halogens is 1. The average Bonchev–Trinajstić information content (AvgIpc) is 3.45. The molecular weight excluding hydrogens is 450 g/mol. The Morgan fingerprint density at radius 1 is 0.857 bits per heavy atom. The van der Waals surface area contributed by atoms with Gasteiger partial charge in [-0.1, -0.05) is 74.0 Å². The molecule has 1 unspecified atom stereocenters. The van der Waals surface area contributed by atoms with E-state index in [2.05, 4.69) is 62.2 Å². The van der Waals surface area contributed by atoms with Crippen LogP contribution in [0.1, 0.15) is 52.0 Å². The van der Waals surface area contributed by atoms with Crippen molar-refractivity contribution in [3.63, 3.8) is 0 Å². The quantitative estimate of drug-likeness (QED) is 0.307. The number of benzene rings is 3. The van der Waals surface area contributed by atoms with E-state index < -0.39 is 0 Å². The van der Waals surface area contributed by atoms with Crippen LogP contribution in [0.5, 0.6) is 0 Å². The minimum atomic E-state index is 0.230. The highest BCUT2D eigenvalue weighted by Crippen LogP contribution is 2.45. The molecule has 3 heteroatoms. The van der Waals surface area contributed by atoms with Crippen LogP contribution in [-0.2, 0) is 12.8 Å². The Morgan fingerprint density at radius 2 is 1.60 bits per heavy atom. The van der Waals surface area contributed by atoms with E-state index in [-0.39, 0.29) is 5.78 Å². The van der Waals surface area contributed by atoms with Crippen molar-refractivity contribution in [3.8, 4) is 11.1 Å². The van der Waals surface area contributed by atoms with Crippen LogP contribution in [0.25, 0.3) is 22.8 Å². The standard InChI is InChI=1S/C28H25ClO.C4H5N/c1-16(2)23-14-25-18(12-26(23)24-13-19(29)10-8-17(24)3)9-11-21-20-6-4-5-7-22(20)28(30)15-27(21)25;1-2-4-5-3-1/h4-13,16,23H,14-15H2,1-3H3;1-5H. The maximum absolute atomic E-state index is 12.9. The van der Waals surface area contributed by atoms with Gasteiger partial charge in [-0.15, -0.1) is 0 Å². The van der Waals surface area contributed by atoms with Crippen molar-refractivity contribution >= 4 is 29.0 Å². The number of carbonyl (C=O) groups is 1. The van der Waals surface area contributed by atoms with Crippen molar-refractivity contribution < 1.29 is 4.79 Å². The summed E-state index contributed by atoms with van der Waals surface area (Å²) in [6.07, 6.45) is 7.55. The molecule has 0 spiro atoms. The van der Waals surface area contributed by atoms with Gasteiger partial charge in [0.05, 0.1) is 0 Å². The third kappa shape index (κ3) is 4.51. The highest BCUT2D eigenvalue weighted by Gasteiger charge is 2.31. The Morgan fingerprint density at radius 3 is 2.29 bits per heavy atom. The van der Waals surface area contributed by atoms with Gasteiger partial charge in [0.15, 0.2) is 5.78 Å². The zero-order valence-electron chi connectivity index (χ0n) is 20.4. The van der Waals surface area contributed by atoms with Gasteiger partial charge in [0.2, 0.25) is 0 Å². The molecule has 2 aliphatic carbocycles. The number of nitrogens with one attached hydrogen (secondary N) is 1. The number of fused-ring (bicyclic) bond motifs is 5. The first-order valence-electron chi connectivity index (χ1n) is 12.3. The first-order chi connectivity index (χ1) is 16.9. The molecular formula is C32H30ClNO. The molecule has 35 heavy (non-hydrogen) atoms. The number of aromatic nitrogens is 1. The van der Waals surface area contributed by atoms with E-state index in [0.29, 0.717) is 18.3 Å². The Bertz CT molecular complexity index is 1390. The second kappa shape index (κ2) is 9.71. The molecule has 0 aliphatic heterocycles. The number of allylic oxidation sites excluding steroid dienone is 1. The summed E-state index contributed by atoms with van der Waals surface area (Å²) in [6.45, 7) is 6.74. The number of ketones is 1. The summed E-state index contributed by atoms with van der Waals surface area (Å²) in [6, 6.07) is 22.5. The molecule has 4 aromatic rings. The summed E-state index contributed by atoms with van der Waals surface area (Å²) in [7, 11) is 0. The lowest BCUT2D eigenvalue weighted by Crippen LogP contribution is -2.22. The van der Waals surface area contributed by atoms with Gasteiger partial charge < -0.3 is 4.98 Å². The maximum Gasteiger partial charge on any atom is 0.167 e. The molecule has 0 saturated carbocycles. The number of carbonyl (C=O) groups excluding carboxylic acids is 1. The number of hydrogen-bond acceptors (Lipinski definition) is 1. The molecule has 1 heterocycles. The summed E-state index contributed by atoms with van der Waals surface area (Å²) in [4.78, 5) is 15.7. The van der Waals surface area contributed by atoms with E-state index in [4.69, 9.17) is 11.6 Å². The monoisotopic (exact) mass is 479 g/mol. The molecule has 2 aliphatic rings. The number of hydrogen-bond donors (Lipinski definition) is 1. The molecule has 1 atom stereocenters. The summed E-state index contributed by atoms with van der Waals surface area (Å²) in [5.41, 5.74) is 10.8. The van der Waals surface area contributed by atoms with Crippen LogP contribution in [0.4, 0.5) is 0 Å². The predicted octanol–water partition coefficient (Wildman–Crippen LogP) is 8.44. The van der Waals surface area contributed by atoms with Crippen molar-refractivity contribution in [2.45, 2.75) is 33.6 Å². The van der Waals surface area contributed by atoms with Crippen LogP contribution in [0.3, 0.4) is 0 Å². The zero-order chi connectivity index (χ0) is 24.5. The van der Waals surface area contributed by atoms with Crippen molar-refractivity contribution in [1.29, 1.82) is 0 Å². The van der Waals surface area contributed by atoms with E-state index in [9.17, 15) is 4.79 Å². The van der Waals surface area contributed by atoms with Crippen molar-refractivity contribution in [2.75, 3.05) is 0 Å². The van der Waals surface area contributed by atoms with Crippen LogP contribution >= 0.6 is 11.6 Å². The van der Waals surface area contributed by atoms with Crippen LogP contribution in [0, 0.1) is 18.8 Å². The number of aromatic amines is 1. The third-order valence-corrected chi connectivity index (χ3v) is 7.50. The molecule has 3 aromatic carbocycles. The molecule has 1 N–H and O–H groups in total. The fraction of sp³-hybridized carbons (Fsp3) is 0.219. The summed E-state index contributed by atoms with van der Waals surface area (Å²) < 4.78 is 0. The number of aryl methyl sites for hydroxylation is 1. The molecule has 176 valence electrons. The highest BCUT2D eigenvalue weighted by molar-refractivity contribution is 6.30. The lowest BCUT2D eigenvalue weighted by atomic mass is 9.71. The highest BCUT2D eigenvalue weighted by atomic mass is 35.5. The largest absolute Gasteiger partial charge is 0.368 e.